The number of likely N-dealkylation sites (N-methyl/N-ethyl adjacent to an activating group) is 1. The fraction of sp³-hybridized carbons (Fsp3) is 0.280. The third-order valence-corrected chi connectivity index (χ3v) is 6.23. The van der Waals surface area contributed by atoms with E-state index in [1.807, 2.05) is 12.4 Å². The number of nitrogens with one attached hydrogen (secondary N) is 1. The SMILES string of the molecule is Cc1ccc(-c2c[nH]c3ncc(-c4ccc(N5CCN(C)CC5)cc4)nc23)cc1C. The normalized spacial score (nSPS) is 15.1. The average molecular weight is 398 g/mol. The van der Waals surface area contributed by atoms with Crippen molar-refractivity contribution in [1.82, 2.24) is 19.9 Å². The number of nitrogens with zero attached hydrogens (tertiary/aromatic N) is 4. The van der Waals surface area contributed by atoms with Crippen molar-refractivity contribution in [3.8, 4) is 22.4 Å². The van der Waals surface area contributed by atoms with Crippen molar-refractivity contribution in [1.29, 1.82) is 0 Å². The van der Waals surface area contributed by atoms with Crippen LogP contribution in [0.1, 0.15) is 11.1 Å². The smallest absolute Gasteiger partial charge is 0.156 e. The van der Waals surface area contributed by atoms with Crippen molar-refractivity contribution in [2.75, 3.05) is 38.1 Å². The summed E-state index contributed by atoms with van der Waals surface area (Å²) >= 11 is 0. The third kappa shape index (κ3) is 3.46. The van der Waals surface area contributed by atoms with Crippen molar-refractivity contribution >= 4 is 16.9 Å². The fourth-order valence-corrected chi connectivity index (χ4v) is 4.07. The number of H-pyrrole nitrogens is 1. The maximum absolute atomic E-state index is 4.97. The molecule has 0 atom stereocenters. The lowest BCUT2D eigenvalue weighted by atomic mass is 10.0. The van der Waals surface area contributed by atoms with Crippen LogP contribution >= 0.6 is 0 Å². The molecule has 0 aliphatic carbocycles. The minimum absolute atomic E-state index is 0.820. The number of fused-ring (bicyclic) bond motifs is 1. The predicted molar refractivity (Wildman–Crippen MR) is 124 cm³/mol. The van der Waals surface area contributed by atoms with Crippen LogP contribution in [0.25, 0.3) is 33.5 Å². The molecule has 5 heteroatoms. The van der Waals surface area contributed by atoms with Crippen LogP contribution in [0, 0.1) is 13.8 Å². The standard InChI is InChI=1S/C25H27N5/c1-17-4-5-20(14-18(17)2)22-15-26-25-24(22)28-23(16-27-25)19-6-8-21(9-7-19)30-12-10-29(3)11-13-30/h4-9,14-16H,10-13H2,1-3H3,(H,26,27). The molecular formula is C25H27N5. The first-order chi connectivity index (χ1) is 14.6. The molecule has 0 saturated carbocycles. The third-order valence-electron chi connectivity index (χ3n) is 6.23. The van der Waals surface area contributed by atoms with Gasteiger partial charge < -0.3 is 14.8 Å². The lowest BCUT2D eigenvalue weighted by Gasteiger charge is -2.34. The van der Waals surface area contributed by atoms with E-state index in [0.717, 1.165) is 54.2 Å². The van der Waals surface area contributed by atoms with Crippen LogP contribution in [-0.2, 0) is 0 Å². The molecule has 2 aromatic carbocycles. The number of anilines is 1. The highest BCUT2D eigenvalue weighted by atomic mass is 15.2. The highest BCUT2D eigenvalue weighted by Crippen LogP contribution is 2.30. The van der Waals surface area contributed by atoms with Gasteiger partial charge in [0, 0.05) is 49.2 Å². The summed E-state index contributed by atoms with van der Waals surface area (Å²) in [7, 11) is 2.18. The summed E-state index contributed by atoms with van der Waals surface area (Å²) in [5.74, 6) is 0. The van der Waals surface area contributed by atoms with E-state index in [1.54, 1.807) is 0 Å². The second-order valence-electron chi connectivity index (χ2n) is 8.29. The Bertz CT molecular complexity index is 1180. The monoisotopic (exact) mass is 397 g/mol. The maximum atomic E-state index is 4.97. The second-order valence-corrected chi connectivity index (χ2v) is 8.29. The maximum Gasteiger partial charge on any atom is 0.156 e. The first-order valence-corrected chi connectivity index (χ1v) is 10.5. The van der Waals surface area contributed by atoms with E-state index in [1.165, 1.54) is 22.4 Å². The largest absolute Gasteiger partial charge is 0.369 e. The molecule has 0 radical (unpaired) electrons. The molecule has 1 fully saturated rings. The number of aromatic nitrogens is 3. The van der Waals surface area contributed by atoms with Gasteiger partial charge in [-0.3, -0.25) is 0 Å². The van der Waals surface area contributed by atoms with Gasteiger partial charge in [-0.25, -0.2) is 9.97 Å². The van der Waals surface area contributed by atoms with Crippen molar-refractivity contribution < 1.29 is 0 Å². The van der Waals surface area contributed by atoms with Gasteiger partial charge in [-0.1, -0.05) is 30.3 Å². The van der Waals surface area contributed by atoms with Crippen LogP contribution < -0.4 is 4.90 Å². The molecule has 1 N–H and O–H groups in total. The van der Waals surface area contributed by atoms with Gasteiger partial charge in [0.25, 0.3) is 0 Å². The van der Waals surface area contributed by atoms with E-state index in [-0.39, 0.29) is 0 Å². The van der Waals surface area contributed by atoms with Gasteiger partial charge in [0.15, 0.2) is 5.65 Å². The molecule has 0 bridgehead atoms. The van der Waals surface area contributed by atoms with E-state index in [2.05, 4.69) is 83.1 Å². The van der Waals surface area contributed by atoms with E-state index < -0.39 is 0 Å². The van der Waals surface area contributed by atoms with E-state index in [9.17, 15) is 0 Å². The Morgan fingerprint density at radius 2 is 1.60 bits per heavy atom. The van der Waals surface area contributed by atoms with E-state index in [4.69, 9.17) is 4.98 Å². The molecule has 4 aromatic rings. The average Bonchev–Trinajstić information content (AvgIpc) is 3.20. The molecule has 1 aliphatic heterocycles. The van der Waals surface area contributed by atoms with E-state index >= 15 is 0 Å². The minimum atomic E-state index is 0.820. The zero-order chi connectivity index (χ0) is 20.7. The van der Waals surface area contributed by atoms with Crippen LogP contribution in [-0.4, -0.2) is 53.1 Å². The number of rotatable bonds is 3. The Morgan fingerprint density at radius 1 is 0.867 bits per heavy atom. The summed E-state index contributed by atoms with van der Waals surface area (Å²) in [6.45, 7) is 8.65. The zero-order valence-electron chi connectivity index (χ0n) is 17.8. The Labute approximate surface area is 177 Å². The van der Waals surface area contributed by atoms with Gasteiger partial charge in [0.2, 0.25) is 0 Å². The molecule has 1 aliphatic rings. The van der Waals surface area contributed by atoms with Crippen LogP contribution in [0.3, 0.4) is 0 Å². The van der Waals surface area contributed by atoms with Crippen molar-refractivity contribution in [2.24, 2.45) is 0 Å². The molecule has 1 saturated heterocycles. The van der Waals surface area contributed by atoms with Crippen molar-refractivity contribution in [3.05, 3.63) is 66.0 Å². The highest BCUT2D eigenvalue weighted by Gasteiger charge is 2.15. The molecule has 3 heterocycles. The summed E-state index contributed by atoms with van der Waals surface area (Å²) in [4.78, 5) is 17.7. The number of aryl methyl sites for hydroxylation is 2. The van der Waals surface area contributed by atoms with Crippen LogP contribution in [0.2, 0.25) is 0 Å². The summed E-state index contributed by atoms with van der Waals surface area (Å²) in [5, 5.41) is 0. The Morgan fingerprint density at radius 3 is 2.33 bits per heavy atom. The number of piperazine rings is 1. The molecule has 5 rings (SSSR count). The Kier molecular flexibility index (Phi) is 4.75. The van der Waals surface area contributed by atoms with Crippen LogP contribution in [0.5, 0.6) is 0 Å². The zero-order valence-corrected chi connectivity index (χ0v) is 17.8. The molecular weight excluding hydrogens is 370 g/mol. The highest BCUT2D eigenvalue weighted by molar-refractivity contribution is 5.91. The lowest BCUT2D eigenvalue weighted by Crippen LogP contribution is -2.44. The summed E-state index contributed by atoms with van der Waals surface area (Å²) in [6.07, 6.45) is 3.86. The van der Waals surface area contributed by atoms with Gasteiger partial charge in [-0.15, -0.1) is 0 Å². The summed E-state index contributed by atoms with van der Waals surface area (Å²) in [6, 6.07) is 15.3. The molecule has 5 nitrogen and oxygen atoms in total. The first-order valence-electron chi connectivity index (χ1n) is 10.5. The number of aromatic amines is 1. The fourth-order valence-electron chi connectivity index (χ4n) is 4.07. The van der Waals surface area contributed by atoms with Crippen molar-refractivity contribution in [2.45, 2.75) is 13.8 Å². The molecule has 2 aromatic heterocycles. The van der Waals surface area contributed by atoms with Crippen LogP contribution in [0.4, 0.5) is 5.69 Å². The van der Waals surface area contributed by atoms with E-state index in [0.29, 0.717) is 0 Å². The summed E-state index contributed by atoms with van der Waals surface area (Å²) in [5.41, 5.74) is 9.85. The number of benzene rings is 2. The Hall–Kier alpha value is -3.18. The van der Waals surface area contributed by atoms with Gasteiger partial charge in [0.1, 0.15) is 5.52 Å². The Balaban J connectivity index is 1.47. The number of hydrogen-bond acceptors (Lipinski definition) is 4. The second kappa shape index (κ2) is 7.58. The molecule has 0 amide bonds. The minimum Gasteiger partial charge on any atom is -0.369 e. The molecule has 152 valence electrons. The quantitative estimate of drug-likeness (QED) is 0.546. The van der Waals surface area contributed by atoms with Crippen molar-refractivity contribution in [3.63, 3.8) is 0 Å². The summed E-state index contributed by atoms with van der Waals surface area (Å²) < 4.78 is 0. The van der Waals surface area contributed by atoms with Gasteiger partial charge in [-0.05, 0) is 49.7 Å². The number of hydrogen-bond donors (Lipinski definition) is 1. The molecule has 30 heavy (non-hydrogen) atoms. The predicted octanol–water partition coefficient (Wildman–Crippen LogP) is 4.66. The molecule has 0 unspecified atom stereocenters. The van der Waals surface area contributed by atoms with Gasteiger partial charge in [-0.2, -0.15) is 0 Å². The van der Waals surface area contributed by atoms with Gasteiger partial charge in [0.05, 0.1) is 11.9 Å². The topological polar surface area (TPSA) is 48.1 Å². The van der Waals surface area contributed by atoms with Gasteiger partial charge >= 0.3 is 0 Å². The lowest BCUT2D eigenvalue weighted by molar-refractivity contribution is 0.313. The van der Waals surface area contributed by atoms with Crippen LogP contribution in [0.15, 0.2) is 54.9 Å². The molecule has 0 spiro atoms. The first kappa shape index (κ1) is 18.8.